The maximum Gasteiger partial charge on any atom is 0.311 e. The average Bonchev–Trinajstić information content (AvgIpc) is 2.48. The summed E-state index contributed by atoms with van der Waals surface area (Å²) in [6, 6.07) is 12.5. The van der Waals surface area contributed by atoms with Crippen LogP contribution in [-0.4, -0.2) is 10.0 Å². The molecule has 0 radical (unpaired) electrons. The van der Waals surface area contributed by atoms with E-state index in [0.29, 0.717) is 16.9 Å². The molecular weight excluding hydrogens is 272 g/mol. The van der Waals surface area contributed by atoms with Crippen molar-refractivity contribution in [2.24, 2.45) is 0 Å². The lowest BCUT2D eigenvalue weighted by molar-refractivity contribution is -0.385. The van der Waals surface area contributed by atoms with Gasteiger partial charge in [-0.2, -0.15) is 5.26 Å². The van der Waals surface area contributed by atoms with Gasteiger partial charge in [0, 0.05) is 6.07 Å². The molecule has 0 saturated carbocycles. The Kier molecular flexibility index (Phi) is 4.16. The normalized spacial score (nSPS) is 11.5. The van der Waals surface area contributed by atoms with Gasteiger partial charge in [0.05, 0.1) is 22.7 Å². The fourth-order valence-corrected chi connectivity index (χ4v) is 1.75. The molecule has 21 heavy (non-hydrogen) atoms. The Bertz CT molecular complexity index is 703. The molecule has 1 N–H and O–H groups in total. The van der Waals surface area contributed by atoms with Gasteiger partial charge in [0.25, 0.3) is 0 Å². The van der Waals surface area contributed by atoms with Crippen LogP contribution in [0.5, 0.6) is 11.5 Å². The lowest BCUT2D eigenvalue weighted by Gasteiger charge is -2.09. The first-order chi connectivity index (χ1) is 10.0. The van der Waals surface area contributed by atoms with E-state index in [1.165, 1.54) is 19.1 Å². The topological polar surface area (TPSA) is 96.4 Å². The van der Waals surface area contributed by atoms with Crippen LogP contribution in [-0.2, 0) is 0 Å². The molecule has 2 rings (SSSR count). The molecule has 0 spiro atoms. The average molecular weight is 284 g/mol. The van der Waals surface area contributed by atoms with Crippen LogP contribution in [0, 0.1) is 21.4 Å². The van der Waals surface area contributed by atoms with Gasteiger partial charge < -0.3 is 9.84 Å². The summed E-state index contributed by atoms with van der Waals surface area (Å²) >= 11 is 0. The number of nitriles is 1. The highest BCUT2D eigenvalue weighted by Gasteiger charge is 2.18. The first-order valence-corrected chi connectivity index (χ1v) is 6.15. The molecule has 0 fully saturated rings. The summed E-state index contributed by atoms with van der Waals surface area (Å²) in [6.45, 7) is 1.53. The second-order valence-electron chi connectivity index (χ2n) is 4.40. The number of hydrogen-bond acceptors (Lipinski definition) is 5. The molecule has 0 aliphatic carbocycles. The highest BCUT2D eigenvalue weighted by atomic mass is 16.6. The Morgan fingerprint density at radius 2 is 1.95 bits per heavy atom. The number of aliphatic hydroxyl groups excluding tert-OH is 1. The molecule has 1 unspecified atom stereocenters. The number of nitro benzene ring substituents is 1. The number of ether oxygens (including phenoxy) is 1. The molecule has 0 aliphatic rings. The van der Waals surface area contributed by atoms with E-state index >= 15 is 0 Å². The molecule has 1 atom stereocenters. The van der Waals surface area contributed by atoms with Crippen molar-refractivity contribution in [3.8, 4) is 17.6 Å². The first kappa shape index (κ1) is 14.5. The van der Waals surface area contributed by atoms with Crippen LogP contribution in [0.1, 0.15) is 24.2 Å². The van der Waals surface area contributed by atoms with Crippen LogP contribution < -0.4 is 4.74 Å². The Hall–Kier alpha value is -2.91. The lowest BCUT2D eigenvalue weighted by atomic mass is 10.1. The number of nitro groups is 1. The van der Waals surface area contributed by atoms with E-state index in [0.717, 1.165) is 0 Å². The van der Waals surface area contributed by atoms with Crippen LogP contribution in [0.4, 0.5) is 5.69 Å². The predicted molar refractivity (Wildman–Crippen MR) is 75.0 cm³/mol. The third-order valence-corrected chi connectivity index (χ3v) is 2.87. The van der Waals surface area contributed by atoms with E-state index in [-0.39, 0.29) is 11.4 Å². The summed E-state index contributed by atoms with van der Waals surface area (Å²) in [5, 5.41) is 29.3. The molecule has 0 saturated heterocycles. The Labute approximate surface area is 121 Å². The molecule has 2 aromatic carbocycles. The van der Waals surface area contributed by atoms with Gasteiger partial charge in [-0.3, -0.25) is 10.1 Å². The number of benzene rings is 2. The van der Waals surface area contributed by atoms with Gasteiger partial charge in [-0.05, 0) is 42.8 Å². The van der Waals surface area contributed by atoms with Crippen LogP contribution >= 0.6 is 0 Å². The summed E-state index contributed by atoms with van der Waals surface area (Å²) < 4.78 is 5.47. The van der Waals surface area contributed by atoms with Crippen molar-refractivity contribution in [2.75, 3.05) is 0 Å². The van der Waals surface area contributed by atoms with Gasteiger partial charge in [-0.25, -0.2) is 0 Å². The SMILES string of the molecule is CC(O)c1ccc(Oc2ccc(C#N)cc2)c([N+](=O)[O-])c1. The van der Waals surface area contributed by atoms with Crippen molar-refractivity contribution in [1.29, 1.82) is 5.26 Å². The molecule has 0 heterocycles. The highest BCUT2D eigenvalue weighted by Crippen LogP contribution is 2.33. The van der Waals surface area contributed by atoms with Gasteiger partial charge >= 0.3 is 5.69 Å². The molecule has 0 amide bonds. The quantitative estimate of drug-likeness (QED) is 0.686. The smallest absolute Gasteiger partial charge is 0.311 e. The van der Waals surface area contributed by atoms with Crippen LogP contribution in [0.15, 0.2) is 42.5 Å². The number of rotatable bonds is 4. The summed E-state index contributed by atoms with van der Waals surface area (Å²) in [5.41, 5.74) is 0.688. The minimum atomic E-state index is -0.798. The van der Waals surface area contributed by atoms with E-state index in [1.54, 1.807) is 30.3 Å². The second kappa shape index (κ2) is 6.03. The van der Waals surface area contributed by atoms with Gasteiger partial charge in [-0.1, -0.05) is 6.07 Å². The third-order valence-electron chi connectivity index (χ3n) is 2.87. The van der Waals surface area contributed by atoms with Crippen molar-refractivity contribution >= 4 is 5.69 Å². The van der Waals surface area contributed by atoms with Gasteiger partial charge in [0.2, 0.25) is 5.75 Å². The zero-order valence-electron chi connectivity index (χ0n) is 11.2. The van der Waals surface area contributed by atoms with Crippen molar-refractivity contribution in [3.63, 3.8) is 0 Å². The zero-order valence-corrected chi connectivity index (χ0v) is 11.2. The van der Waals surface area contributed by atoms with E-state index in [4.69, 9.17) is 10.00 Å². The molecule has 0 aromatic heterocycles. The zero-order chi connectivity index (χ0) is 15.4. The van der Waals surface area contributed by atoms with Crippen molar-refractivity contribution in [3.05, 3.63) is 63.7 Å². The molecule has 106 valence electrons. The number of hydrogen-bond donors (Lipinski definition) is 1. The largest absolute Gasteiger partial charge is 0.450 e. The monoisotopic (exact) mass is 284 g/mol. The second-order valence-corrected chi connectivity index (χ2v) is 4.40. The highest BCUT2D eigenvalue weighted by molar-refractivity contribution is 5.51. The lowest BCUT2D eigenvalue weighted by Crippen LogP contribution is -1.97. The van der Waals surface area contributed by atoms with Crippen molar-refractivity contribution in [1.82, 2.24) is 0 Å². The summed E-state index contributed by atoms with van der Waals surface area (Å²) in [5.74, 6) is 0.469. The fraction of sp³-hybridized carbons (Fsp3) is 0.133. The predicted octanol–water partition coefficient (Wildman–Crippen LogP) is 3.31. The van der Waals surface area contributed by atoms with Gasteiger partial charge in [-0.15, -0.1) is 0 Å². The summed E-state index contributed by atoms with van der Waals surface area (Å²) in [4.78, 5) is 10.5. The standard InChI is InChI=1S/C15H12N2O4/c1-10(18)12-4-7-15(14(8-12)17(19)20)21-13-5-2-11(9-16)3-6-13/h2-8,10,18H,1H3. The summed E-state index contributed by atoms with van der Waals surface area (Å²) in [7, 11) is 0. The van der Waals surface area contributed by atoms with Crippen LogP contribution in [0.3, 0.4) is 0 Å². The molecule has 2 aromatic rings. The molecule has 6 heteroatoms. The van der Waals surface area contributed by atoms with E-state index in [2.05, 4.69) is 0 Å². The minimum absolute atomic E-state index is 0.0779. The number of nitrogens with zero attached hydrogens (tertiary/aromatic N) is 2. The Balaban J connectivity index is 2.34. The van der Waals surface area contributed by atoms with E-state index in [1.807, 2.05) is 6.07 Å². The Morgan fingerprint density at radius 3 is 2.48 bits per heavy atom. The van der Waals surface area contributed by atoms with E-state index in [9.17, 15) is 15.2 Å². The molecule has 0 aliphatic heterocycles. The van der Waals surface area contributed by atoms with Crippen LogP contribution in [0.2, 0.25) is 0 Å². The van der Waals surface area contributed by atoms with Gasteiger partial charge in [0.15, 0.2) is 0 Å². The summed E-state index contributed by atoms with van der Waals surface area (Å²) in [6.07, 6.45) is -0.798. The van der Waals surface area contributed by atoms with Crippen molar-refractivity contribution in [2.45, 2.75) is 13.0 Å². The molecular formula is C15H12N2O4. The van der Waals surface area contributed by atoms with Gasteiger partial charge in [0.1, 0.15) is 5.75 Å². The fourth-order valence-electron chi connectivity index (χ4n) is 1.75. The Morgan fingerprint density at radius 1 is 1.29 bits per heavy atom. The van der Waals surface area contributed by atoms with E-state index < -0.39 is 11.0 Å². The third kappa shape index (κ3) is 3.35. The maximum absolute atomic E-state index is 11.1. The van der Waals surface area contributed by atoms with Crippen molar-refractivity contribution < 1.29 is 14.8 Å². The van der Waals surface area contributed by atoms with Crippen LogP contribution in [0.25, 0.3) is 0 Å². The minimum Gasteiger partial charge on any atom is -0.450 e. The first-order valence-electron chi connectivity index (χ1n) is 6.15. The number of aliphatic hydroxyl groups is 1. The maximum atomic E-state index is 11.1. The molecule has 0 bridgehead atoms. The molecule has 6 nitrogen and oxygen atoms in total.